The first-order valence-electron chi connectivity index (χ1n) is 7.55. The summed E-state index contributed by atoms with van der Waals surface area (Å²) < 4.78 is 1.93. The second-order valence-electron chi connectivity index (χ2n) is 6.20. The molecule has 0 bridgehead atoms. The molecule has 2 fully saturated rings. The summed E-state index contributed by atoms with van der Waals surface area (Å²) in [7, 11) is 1.92. The van der Waals surface area contributed by atoms with Gasteiger partial charge in [-0.3, -0.25) is 9.59 Å². The predicted molar refractivity (Wildman–Crippen MR) is 75.2 cm³/mol. The van der Waals surface area contributed by atoms with Gasteiger partial charge in [-0.05, 0) is 32.1 Å². The lowest BCUT2D eigenvalue weighted by Crippen LogP contribution is -2.37. The Morgan fingerprint density at radius 3 is 2.57 bits per heavy atom. The lowest BCUT2D eigenvalue weighted by atomic mass is 10.0. The number of nitrogens with zero attached hydrogens (tertiary/aromatic N) is 3. The summed E-state index contributed by atoms with van der Waals surface area (Å²) in [4.78, 5) is 30.0. The summed E-state index contributed by atoms with van der Waals surface area (Å²) in [6.07, 6.45) is 7.50. The van der Waals surface area contributed by atoms with Gasteiger partial charge >= 0.3 is 5.97 Å². The number of aryl methyl sites for hydroxylation is 1. The number of imidazole rings is 1. The van der Waals surface area contributed by atoms with Crippen molar-refractivity contribution in [3.8, 4) is 0 Å². The molecule has 0 saturated heterocycles. The van der Waals surface area contributed by atoms with Crippen LogP contribution in [0.4, 0.5) is 0 Å². The van der Waals surface area contributed by atoms with Gasteiger partial charge in [0, 0.05) is 31.4 Å². The van der Waals surface area contributed by atoms with Crippen molar-refractivity contribution in [2.24, 2.45) is 18.9 Å². The van der Waals surface area contributed by atoms with Gasteiger partial charge in [0.05, 0.1) is 12.5 Å². The fourth-order valence-electron chi connectivity index (χ4n) is 3.14. The topological polar surface area (TPSA) is 75.4 Å². The Labute approximate surface area is 123 Å². The van der Waals surface area contributed by atoms with Crippen LogP contribution in [0.1, 0.15) is 37.9 Å². The van der Waals surface area contributed by atoms with Crippen LogP contribution in [0, 0.1) is 11.8 Å². The fraction of sp³-hybridized carbons (Fsp3) is 0.667. The van der Waals surface area contributed by atoms with E-state index in [1.807, 2.05) is 22.7 Å². The van der Waals surface area contributed by atoms with Crippen molar-refractivity contribution in [3.05, 3.63) is 18.2 Å². The van der Waals surface area contributed by atoms with E-state index in [4.69, 9.17) is 5.11 Å². The highest BCUT2D eigenvalue weighted by Gasteiger charge is 2.40. The molecule has 6 heteroatoms. The van der Waals surface area contributed by atoms with Crippen LogP contribution in [0.2, 0.25) is 0 Å². The Balaban J connectivity index is 1.68. The maximum atomic E-state index is 12.7. The number of hydrogen-bond acceptors (Lipinski definition) is 3. The first-order chi connectivity index (χ1) is 10.1. The zero-order chi connectivity index (χ0) is 15.0. The lowest BCUT2D eigenvalue weighted by molar-refractivity contribution is -0.141. The normalized spacial score (nSPS) is 25.0. The SMILES string of the molecule is Cn1ccnc1CN(C(=O)[C@@H]1CC[C@H](C(=O)O)C1)C1CC1. The first kappa shape index (κ1) is 14.1. The van der Waals surface area contributed by atoms with E-state index in [0.29, 0.717) is 31.8 Å². The molecule has 2 aliphatic rings. The number of carbonyl (C=O) groups is 2. The maximum absolute atomic E-state index is 12.7. The molecule has 21 heavy (non-hydrogen) atoms. The third-order valence-electron chi connectivity index (χ3n) is 4.63. The molecule has 2 saturated carbocycles. The number of carboxylic acid groups (broad SMARTS) is 1. The van der Waals surface area contributed by atoms with Crippen LogP contribution in [0.3, 0.4) is 0 Å². The third kappa shape index (κ3) is 2.94. The first-order valence-corrected chi connectivity index (χ1v) is 7.55. The standard InChI is InChI=1S/C15H21N3O3/c1-17-7-6-16-13(17)9-18(12-4-5-12)14(19)10-2-3-11(8-10)15(20)21/h6-7,10-12H,2-5,8-9H2,1H3,(H,20,21)/t10-,11+/m1/s1. The highest BCUT2D eigenvalue weighted by atomic mass is 16.4. The highest BCUT2D eigenvalue weighted by molar-refractivity contribution is 5.81. The molecule has 0 radical (unpaired) electrons. The molecule has 1 N–H and O–H groups in total. The zero-order valence-electron chi connectivity index (χ0n) is 12.2. The fourth-order valence-corrected chi connectivity index (χ4v) is 3.14. The molecule has 0 spiro atoms. The molecule has 1 amide bonds. The number of amides is 1. The third-order valence-corrected chi connectivity index (χ3v) is 4.63. The Morgan fingerprint density at radius 2 is 2.05 bits per heavy atom. The minimum atomic E-state index is -0.771. The summed E-state index contributed by atoms with van der Waals surface area (Å²) in [5.74, 6) is -0.264. The Bertz CT molecular complexity index is 550. The van der Waals surface area contributed by atoms with E-state index in [-0.39, 0.29) is 17.7 Å². The van der Waals surface area contributed by atoms with Crippen LogP contribution in [-0.4, -0.2) is 37.5 Å². The molecule has 2 atom stereocenters. The van der Waals surface area contributed by atoms with Gasteiger partial charge < -0.3 is 14.6 Å². The predicted octanol–water partition coefficient (Wildman–Crippen LogP) is 1.41. The second kappa shape index (κ2) is 5.50. The average molecular weight is 291 g/mol. The van der Waals surface area contributed by atoms with Crippen LogP contribution in [0.5, 0.6) is 0 Å². The van der Waals surface area contributed by atoms with Gasteiger partial charge in [-0.15, -0.1) is 0 Å². The van der Waals surface area contributed by atoms with Gasteiger partial charge in [0.25, 0.3) is 0 Å². The summed E-state index contributed by atoms with van der Waals surface area (Å²) in [5.41, 5.74) is 0. The summed E-state index contributed by atoms with van der Waals surface area (Å²) in [6, 6.07) is 0.318. The average Bonchev–Trinajstić information content (AvgIpc) is 3.01. The molecule has 0 aromatic carbocycles. The molecule has 1 aromatic heterocycles. The number of aromatic nitrogens is 2. The molecule has 1 aromatic rings. The van der Waals surface area contributed by atoms with Crippen LogP contribution >= 0.6 is 0 Å². The summed E-state index contributed by atoms with van der Waals surface area (Å²) in [5, 5.41) is 9.08. The molecule has 2 aliphatic carbocycles. The van der Waals surface area contributed by atoms with E-state index in [1.54, 1.807) is 6.20 Å². The molecule has 1 heterocycles. The molecule has 0 aliphatic heterocycles. The number of hydrogen-bond donors (Lipinski definition) is 1. The molecule has 6 nitrogen and oxygen atoms in total. The van der Waals surface area contributed by atoms with Gasteiger partial charge in [-0.25, -0.2) is 4.98 Å². The smallest absolute Gasteiger partial charge is 0.306 e. The van der Waals surface area contributed by atoms with Crippen molar-refractivity contribution in [2.45, 2.75) is 44.7 Å². The zero-order valence-corrected chi connectivity index (χ0v) is 12.2. The van der Waals surface area contributed by atoms with E-state index in [9.17, 15) is 9.59 Å². The van der Waals surface area contributed by atoms with E-state index in [1.165, 1.54) is 0 Å². The van der Waals surface area contributed by atoms with Gasteiger partial charge in [-0.2, -0.15) is 0 Å². The maximum Gasteiger partial charge on any atom is 0.306 e. The van der Waals surface area contributed by atoms with Crippen molar-refractivity contribution in [1.82, 2.24) is 14.5 Å². The Hall–Kier alpha value is -1.85. The van der Waals surface area contributed by atoms with Gasteiger partial charge in [0.2, 0.25) is 5.91 Å². The summed E-state index contributed by atoms with van der Waals surface area (Å²) >= 11 is 0. The van der Waals surface area contributed by atoms with Crippen molar-refractivity contribution >= 4 is 11.9 Å². The van der Waals surface area contributed by atoms with Crippen LogP contribution < -0.4 is 0 Å². The minimum Gasteiger partial charge on any atom is -0.481 e. The van der Waals surface area contributed by atoms with Crippen LogP contribution in [0.15, 0.2) is 12.4 Å². The Kier molecular flexibility index (Phi) is 3.69. The van der Waals surface area contributed by atoms with Gasteiger partial charge in [-0.1, -0.05) is 0 Å². The quantitative estimate of drug-likeness (QED) is 0.890. The van der Waals surface area contributed by atoms with Gasteiger partial charge in [0.15, 0.2) is 0 Å². The van der Waals surface area contributed by atoms with Crippen molar-refractivity contribution in [1.29, 1.82) is 0 Å². The van der Waals surface area contributed by atoms with Crippen molar-refractivity contribution < 1.29 is 14.7 Å². The number of rotatable bonds is 5. The van der Waals surface area contributed by atoms with Crippen molar-refractivity contribution in [2.75, 3.05) is 0 Å². The van der Waals surface area contributed by atoms with Crippen LogP contribution in [-0.2, 0) is 23.2 Å². The molecular formula is C15H21N3O3. The largest absolute Gasteiger partial charge is 0.481 e. The van der Waals surface area contributed by atoms with E-state index in [0.717, 1.165) is 18.7 Å². The molecule has 114 valence electrons. The summed E-state index contributed by atoms with van der Waals surface area (Å²) in [6.45, 7) is 0.529. The van der Waals surface area contributed by atoms with E-state index >= 15 is 0 Å². The molecular weight excluding hydrogens is 270 g/mol. The van der Waals surface area contributed by atoms with Crippen LogP contribution in [0.25, 0.3) is 0 Å². The number of carbonyl (C=O) groups excluding carboxylic acids is 1. The monoisotopic (exact) mass is 291 g/mol. The number of aliphatic carboxylic acids is 1. The van der Waals surface area contributed by atoms with E-state index < -0.39 is 5.97 Å². The Morgan fingerprint density at radius 1 is 1.33 bits per heavy atom. The number of carboxylic acids is 1. The molecule has 0 unspecified atom stereocenters. The lowest BCUT2D eigenvalue weighted by Gasteiger charge is -2.25. The van der Waals surface area contributed by atoms with Gasteiger partial charge in [0.1, 0.15) is 5.82 Å². The minimum absolute atomic E-state index is 0.115. The van der Waals surface area contributed by atoms with Crippen molar-refractivity contribution in [3.63, 3.8) is 0 Å². The van der Waals surface area contributed by atoms with E-state index in [2.05, 4.69) is 4.98 Å². The molecule has 3 rings (SSSR count). The second-order valence-corrected chi connectivity index (χ2v) is 6.20. The highest BCUT2D eigenvalue weighted by Crippen LogP contribution is 2.36.